The lowest BCUT2D eigenvalue weighted by Gasteiger charge is -2.12. The van der Waals surface area contributed by atoms with Gasteiger partial charge in [0.25, 0.3) is 0 Å². The van der Waals surface area contributed by atoms with E-state index in [0.717, 1.165) is 0 Å². The number of hydrogen-bond donors (Lipinski definition) is 0. The zero-order valence-corrected chi connectivity index (χ0v) is 8.79. The Labute approximate surface area is 86.4 Å². The summed E-state index contributed by atoms with van der Waals surface area (Å²) in [4.78, 5) is 0. The second kappa shape index (κ2) is 4.16. The van der Waals surface area contributed by atoms with Gasteiger partial charge in [0.05, 0.1) is 17.5 Å². The van der Waals surface area contributed by atoms with Gasteiger partial charge in [-0.3, -0.25) is 0 Å². The molecule has 0 aliphatic heterocycles. The Hall–Kier alpha value is -0.470. The predicted molar refractivity (Wildman–Crippen MR) is 52.2 cm³/mol. The third-order valence-electron chi connectivity index (χ3n) is 1.71. The van der Waals surface area contributed by atoms with Crippen LogP contribution in [0.25, 0.3) is 0 Å². The van der Waals surface area contributed by atoms with Crippen LogP contribution in [0.1, 0.15) is 17.9 Å². The minimum atomic E-state index is -0.482. The molecule has 0 N–H and O–H groups in total. The average Bonchev–Trinajstić information content (AvgIpc) is 2.08. The molecule has 0 radical (unpaired) electrons. The van der Waals surface area contributed by atoms with Gasteiger partial charge in [-0.15, -0.1) is 11.6 Å². The van der Waals surface area contributed by atoms with E-state index in [0.29, 0.717) is 11.3 Å². The lowest BCUT2D eigenvalue weighted by molar-refractivity contribution is 0.408. The summed E-state index contributed by atoms with van der Waals surface area (Å²) in [5, 5.41) is -0.347. The van der Waals surface area contributed by atoms with Crippen molar-refractivity contribution in [3.63, 3.8) is 0 Å². The summed E-state index contributed by atoms with van der Waals surface area (Å²) in [7, 11) is 1.49. The van der Waals surface area contributed by atoms with Crippen LogP contribution in [0.5, 0.6) is 5.75 Å². The highest BCUT2D eigenvalue weighted by Crippen LogP contribution is 2.36. The second-order valence-electron chi connectivity index (χ2n) is 2.59. The van der Waals surface area contributed by atoms with Crippen molar-refractivity contribution in [2.24, 2.45) is 0 Å². The van der Waals surface area contributed by atoms with Crippen LogP contribution in [-0.4, -0.2) is 7.11 Å². The largest absolute Gasteiger partial charge is 0.496 e. The fourth-order valence-electron chi connectivity index (χ4n) is 1.10. The van der Waals surface area contributed by atoms with Crippen LogP contribution in [0, 0.1) is 5.82 Å². The van der Waals surface area contributed by atoms with Crippen LogP contribution in [0.3, 0.4) is 0 Å². The van der Waals surface area contributed by atoms with Crippen LogP contribution in [0.2, 0.25) is 5.02 Å². The summed E-state index contributed by atoms with van der Waals surface area (Å²) >= 11 is 11.6. The first-order chi connectivity index (χ1) is 6.07. The summed E-state index contributed by atoms with van der Waals surface area (Å²) in [6, 6.07) is 2.76. The molecule has 4 heteroatoms. The van der Waals surface area contributed by atoms with Crippen molar-refractivity contribution in [3.05, 3.63) is 28.5 Å². The number of alkyl halides is 1. The number of halogens is 3. The molecule has 0 aliphatic carbocycles. The Kier molecular flexibility index (Phi) is 3.40. The van der Waals surface area contributed by atoms with Gasteiger partial charge in [0.2, 0.25) is 0 Å². The smallest absolute Gasteiger partial charge is 0.142 e. The second-order valence-corrected chi connectivity index (χ2v) is 3.63. The van der Waals surface area contributed by atoms with Crippen molar-refractivity contribution in [2.75, 3.05) is 7.11 Å². The zero-order chi connectivity index (χ0) is 10.0. The molecule has 0 aromatic heterocycles. The molecule has 1 unspecified atom stereocenters. The first kappa shape index (κ1) is 10.6. The van der Waals surface area contributed by atoms with Gasteiger partial charge < -0.3 is 4.74 Å². The van der Waals surface area contributed by atoms with Gasteiger partial charge in [-0.1, -0.05) is 11.6 Å². The minimum absolute atomic E-state index is 0.0295. The predicted octanol–water partition coefficient (Wildman–Crippen LogP) is 3.79. The van der Waals surface area contributed by atoms with E-state index < -0.39 is 5.82 Å². The molecule has 1 nitrogen and oxygen atoms in total. The molecule has 0 spiro atoms. The summed E-state index contributed by atoms with van der Waals surface area (Å²) in [6.07, 6.45) is 0. The third kappa shape index (κ3) is 2.06. The van der Waals surface area contributed by atoms with Crippen LogP contribution < -0.4 is 4.74 Å². The van der Waals surface area contributed by atoms with Crippen LogP contribution in [0.15, 0.2) is 12.1 Å². The zero-order valence-electron chi connectivity index (χ0n) is 7.27. The average molecular weight is 223 g/mol. The van der Waals surface area contributed by atoms with Gasteiger partial charge in [0.1, 0.15) is 11.6 Å². The van der Waals surface area contributed by atoms with Crippen molar-refractivity contribution in [2.45, 2.75) is 12.3 Å². The molecule has 13 heavy (non-hydrogen) atoms. The lowest BCUT2D eigenvalue weighted by Crippen LogP contribution is -1.95. The Balaban J connectivity index is 3.32. The Morgan fingerprint density at radius 2 is 2.08 bits per heavy atom. The van der Waals surface area contributed by atoms with Crippen molar-refractivity contribution < 1.29 is 9.13 Å². The van der Waals surface area contributed by atoms with E-state index in [-0.39, 0.29) is 10.4 Å². The van der Waals surface area contributed by atoms with Crippen molar-refractivity contribution in [1.29, 1.82) is 0 Å². The van der Waals surface area contributed by atoms with Crippen molar-refractivity contribution in [1.82, 2.24) is 0 Å². The molecule has 0 amide bonds. The highest BCUT2D eigenvalue weighted by molar-refractivity contribution is 6.33. The molecule has 1 rings (SSSR count). The van der Waals surface area contributed by atoms with E-state index in [9.17, 15) is 4.39 Å². The summed E-state index contributed by atoms with van der Waals surface area (Å²) in [5.74, 6) is 0.0267. The van der Waals surface area contributed by atoms with Gasteiger partial charge in [0.15, 0.2) is 0 Å². The number of rotatable bonds is 2. The summed E-state index contributed by atoms with van der Waals surface area (Å²) in [5.41, 5.74) is 0.492. The van der Waals surface area contributed by atoms with Gasteiger partial charge in [0, 0.05) is 5.56 Å². The number of benzene rings is 1. The van der Waals surface area contributed by atoms with Crippen LogP contribution in [0.4, 0.5) is 4.39 Å². The Bertz CT molecular complexity index is 313. The first-order valence-electron chi connectivity index (χ1n) is 3.74. The maximum Gasteiger partial charge on any atom is 0.142 e. The lowest BCUT2D eigenvalue weighted by atomic mass is 10.1. The molecule has 0 fully saturated rings. The topological polar surface area (TPSA) is 9.23 Å². The van der Waals surface area contributed by atoms with E-state index in [1.165, 1.54) is 19.2 Å². The van der Waals surface area contributed by atoms with Gasteiger partial charge in [-0.2, -0.15) is 0 Å². The maximum atomic E-state index is 13.0. The number of methoxy groups -OCH3 is 1. The fourth-order valence-corrected chi connectivity index (χ4v) is 1.69. The normalized spacial score (nSPS) is 12.7. The fraction of sp³-hybridized carbons (Fsp3) is 0.333. The SMILES string of the molecule is COc1ccc(F)c(Cl)c1C(C)Cl. The molecule has 0 aliphatic rings. The third-order valence-corrected chi connectivity index (χ3v) is 2.31. The van der Waals surface area contributed by atoms with Crippen LogP contribution in [-0.2, 0) is 0 Å². The van der Waals surface area contributed by atoms with Gasteiger partial charge >= 0.3 is 0 Å². The van der Waals surface area contributed by atoms with E-state index in [2.05, 4.69) is 0 Å². The molecule has 0 saturated carbocycles. The van der Waals surface area contributed by atoms with Gasteiger partial charge in [-0.05, 0) is 19.1 Å². The van der Waals surface area contributed by atoms with E-state index in [1.807, 2.05) is 0 Å². The molecular weight excluding hydrogens is 214 g/mol. The van der Waals surface area contributed by atoms with E-state index in [1.54, 1.807) is 6.92 Å². The Morgan fingerprint density at radius 1 is 1.46 bits per heavy atom. The molecule has 1 aromatic carbocycles. The standard InChI is InChI=1S/C9H9Cl2FO/c1-5(10)8-7(13-2)4-3-6(12)9(8)11/h3-5H,1-2H3. The maximum absolute atomic E-state index is 13.0. The highest BCUT2D eigenvalue weighted by atomic mass is 35.5. The van der Waals surface area contributed by atoms with E-state index in [4.69, 9.17) is 27.9 Å². The molecule has 0 bridgehead atoms. The summed E-state index contributed by atoms with van der Waals surface area (Å²) in [6.45, 7) is 1.71. The molecule has 0 heterocycles. The first-order valence-corrected chi connectivity index (χ1v) is 4.55. The van der Waals surface area contributed by atoms with Crippen LogP contribution >= 0.6 is 23.2 Å². The van der Waals surface area contributed by atoms with E-state index >= 15 is 0 Å². The monoisotopic (exact) mass is 222 g/mol. The summed E-state index contributed by atoms with van der Waals surface area (Å²) < 4.78 is 18.0. The Morgan fingerprint density at radius 3 is 2.54 bits per heavy atom. The molecular formula is C9H9Cl2FO. The minimum Gasteiger partial charge on any atom is -0.496 e. The molecule has 0 saturated heterocycles. The number of hydrogen-bond acceptors (Lipinski definition) is 1. The molecule has 72 valence electrons. The molecule has 1 atom stereocenters. The van der Waals surface area contributed by atoms with Crippen molar-refractivity contribution >= 4 is 23.2 Å². The quantitative estimate of drug-likeness (QED) is 0.693. The highest BCUT2D eigenvalue weighted by Gasteiger charge is 2.16. The van der Waals surface area contributed by atoms with Crippen molar-refractivity contribution in [3.8, 4) is 5.75 Å². The molecule has 1 aromatic rings. The number of ether oxygens (including phenoxy) is 1. The van der Waals surface area contributed by atoms with Gasteiger partial charge in [-0.25, -0.2) is 4.39 Å².